The molecular weight excluding hydrogens is 270 g/mol. The van der Waals surface area contributed by atoms with Crippen LogP contribution in [0, 0.1) is 5.92 Å². The minimum absolute atomic E-state index is 0.530. The molecule has 0 spiro atoms. The van der Waals surface area contributed by atoms with Crippen LogP contribution in [-0.2, 0) is 0 Å². The standard InChI is InChI=1S/C15H25N3OS/c1-4-10-19-13-6-5-8-17-15(13)18(11-12(2)3)9-7-14(16)20/h5-6,8,12H,4,7,9-11H2,1-3H3,(H2,16,20). The van der Waals surface area contributed by atoms with E-state index in [4.69, 9.17) is 22.7 Å². The van der Waals surface area contributed by atoms with Crippen LogP contribution in [0.15, 0.2) is 18.3 Å². The zero-order valence-corrected chi connectivity index (χ0v) is 13.4. The van der Waals surface area contributed by atoms with Crippen molar-refractivity contribution in [2.24, 2.45) is 11.7 Å². The maximum absolute atomic E-state index is 5.79. The molecule has 0 unspecified atom stereocenters. The minimum atomic E-state index is 0.530. The van der Waals surface area contributed by atoms with E-state index in [0.29, 0.717) is 23.9 Å². The summed E-state index contributed by atoms with van der Waals surface area (Å²) in [7, 11) is 0. The zero-order chi connectivity index (χ0) is 15.0. The van der Waals surface area contributed by atoms with Gasteiger partial charge in [-0.05, 0) is 24.5 Å². The molecule has 5 heteroatoms. The molecule has 0 saturated carbocycles. The van der Waals surface area contributed by atoms with Gasteiger partial charge in [-0.1, -0.05) is 33.0 Å². The topological polar surface area (TPSA) is 51.4 Å². The summed E-state index contributed by atoms with van der Waals surface area (Å²) < 4.78 is 5.79. The summed E-state index contributed by atoms with van der Waals surface area (Å²) >= 11 is 4.98. The van der Waals surface area contributed by atoms with Crippen LogP contribution in [0.3, 0.4) is 0 Å². The van der Waals surface area contributed by atoms with E-state index in [-0.39, 0.29) is 0 Å². The lowest BCUT2D eigenvalue weighted by molar-refractivity contribution is 0.316. The van der Waals surface area contributed by atoms with Crippen LogP contribution in [0.25, 0.3) is 0 Å². The SMILES string of the molecule is CCCOc1cccnc1N(CCC(N)=S)CC(C)C. The van der Waals surface area contributed by atoms with Crippen molar-refractivity contribution in [3.05, 3.63) is 18.3 Å². The average molecular weight is 295 g/mol. The number of thiocarbonyl (C=S) groups is 1. The van der Waals surface area contributed by atoms with Crippen molar-refractivity contribution in [1.29, 1.82) is 0 Å². The first kappa shape index (κ1) is 16.7. The van der Waals surface area contributed by atoms with Crippen LogP contribution < -0.4 is 15.4 Å². The number of pyridine rings is 1. The molecule has 0 fully saturated rings. The van der Waals surface area contributed by atoms with Gasteiger partial charge in [0.25, 0.3) is 0 Å². The van der Waals surface area contributed by atoms with Crippen LogP contribution in [-0.4, -0.2) is 29.7 Å². The second-order valence-corrected chi connectivity index (χ2v) is 5.75. The first-order chi connectivity index (χ1) is 9.54. The Kier molecular flexibility index (Phi) is 7.30. The highest BCUT2D eigenvalue weighted by molar-refractivity contribution is 7.80. The van der Waals surface area contributed by atoms with E-state index in [0.717, 1.165) is 31.1 Å². The Bertz CT molecular complexity index is 423. The normalized spacial score (nSPS) is 10.6. The Morgan fingerprint density at radius 2 is 2.25 bits per heavy atom. The summed E-state index contributed by atoms with van der Waals surface area (Å²) in [5.41, 5.74) is 5.62. The molecule has 20 heavy (non-hydrogen) atoms. The molecule has 0 aliphatic rings. The highest BCUT2D eigenvalue weighted by Crippen LogP contribution is 2.26. The quantitative estimate of drug-likeness (QED) is 0.710. The summed E-state index contributed by atoms with van der Waals surface area (Å²) in [5, 5.41) is 0. The maximum Gasteiger partial charge on any atom is 0.171 e. The van der Waals surface area contributed by atoms with Gasteiger partial charge in [0.05, 0.1) is 11.6 Å². The summed E-state index contributed by atoms with van der Waals surface area (Å²) in [5.74, 6) is 2.24. The van der Waals surface area contributed by atoms with E-state index in [1.165, 1.54) is 0 Å². The first-order valence-corrected chi connectivity index (χ1v) is 7.56. The zero-order valence-electron chi connectivity index (χ0n) is 12.6. The Morgan fingerprint density at radius 3 is 2.85 bits per heavy atom. The van der Waals surface area contributed by atoms with E-state index in [2.05, 4.69) is 30.7 Å². The van der Waals surface area contributed by atoms with E-state index in [9.17, 15) is 0 Å². The molecule has 2 N–H and O–H groups in total. The number of hydrogen-bond acceptors (Lipinski definition) is 4. The third-order valence-electron chi connectivity index (χ3n) is 2.73. The number of ether oxygens (including phenoxy) is 1. The third-order valence-corrected chi connectivity index (χ3v) is 2.93. The highest BCUT2D eigenvalue weighted by atomic mass is 32.1. The molecule has 0 saturated heterocycles. The second kappa shape index (κ2) is 8.74. The fraction of sp³-hybridized carbons (Fsp3) is 0.600. The molecule has 4 nitrogen and oxygen atoms in total. The van der Waals surface area contributed by atoms with Gasteiger partial charge in [-0.2, -0.15) is 0 Å². The molecule has 0 bridgehead atoms. The highest BCUT2D eigenvalue weighted by Gasteiger charge is 2.15. The van der Waals surface area contributed by atoms with Crippen LogP contribution in [0.1, 0.15) is 33.6 Å². The van der Waals surface area contributed by atoms with Gasteiger partial charge in [-0.15, -0.1) is 0 Å². The number of aromatic nitrogens is 1. The molecule has 1 aromatic heterocycles. The van der Waals surface area contributed by atoms with Crippen LogP contribution in [0.5, 0.6) is 5.75 Å². The maximum atomic E-state index is 5.79. The molecule has 1 aromatic rings. The van der Waals surface area contributed by atoms with Gasteiger partial charge in [-0.3, -0.25) is 0 Å². The average Bonchev–Trinajstić information content (AvgIpc) is 2.41. The lowest BCUT2D eigenvalue weighted by Crippen LogP contribution is -2.32. The summed E-state index contributed by atoms with van der Waals surface area (Å²) in [6.45, 7) is 8.83. The molecule has 1 rings (SSSR count). The number of hydrogen-bond donors (Lipinski definition) is 1. The molecular formula is C15H25N3OS. The largest absolute Gasteiger partial charge is 0.490 e. The molecule has 0 aliphatic heterocycles. The summed E-state index contributed by atoms with van der Waals surface area (Å²) in [6, 6.07) is 3.86. The van der Waals surface area contributed by atoms with Crippen LogP contribution in [0.4, 0.5) is 5.82 Å². The molecule has 0 amide bonds. The van der Waals surface area contributed by atoms with Crippen LogP contribution in [0.2, 0.25) is 0 Å². The predicted octanol–water partition coefficient (Wildman–Crippen LogP) is 3.01. The van der Waals surface area contributed by atoms with Crippen molar-refractivity contribution in [1.82, 2.24) is 4.98 Å². The minimum Gasteiger partial charge on any atom is -0.490 e. The van der Waals surface area contributed by atoms with Gasteiger partial charge < -0.3 is 15.4 Å². The smallest absolute Gasteiger partial charge is 0.171 e. The van der Waals surface area contributed by atoms with E-state index < -0.39 is 0 Å². The molecule has 0 atom stereocenters. The number of anilines is 1. The van der Waals surface area contributed by atoms with Gasteiger partial charge >= 0.3 is 0 Å². The Labute approximate surface area is 127 Å². The number of rotatable bonds is 9. The predicted molar refractivity (Wildman–Crippen MR) is 88.5 cm³/mol. The fourth-order valence-corrected chi connectivity index (χ4v) is 2.01. The first-order valence-electron chi connectivity index (χ1n) is 7.15. The van der Waals surface area contributed by atoms with Gasteiger partial charge in [0, 0.05) is 25.7 Å². The lowest BCUT2D eigenvalue weighted by Gasteiger charge is -2.27. The van der Waals surface area contributed by atoms with Crippen molar-refractivity contribution in [3.63, 3.8) is 0 Å². The van der Waals surface area contributed by atoms with Gasteiger partial charge in [0.2, 0.25) is 0 Å². The molecule has 0 aromatic carbocycles. The monoisotopic (exact) mass is 295 g/mol. The van der Waals surface area contributed by atoms with Gasteiger partial charge in [0.1, 0.15) is 0 Å². The Morgan fingerprint density at radius 1 is 1.50 bits per heavy atom. The van der Waals surface area contributed by atoms with Crippen molar-refractivity contribution in [3.8, 4) is 5.75 Å². The van der Waals surface area contributed by atoms with Gasteiger partial charge in [0.15, 0.2) is 11.6 Å². The molecule has 0 aliphatic carbocycles. The third kappa shape index (κ3) is 5.74. The Balaban J connectivity index is 2.90. The van der Waals surface area contributed by atoms with Crippen molar-refractivity contribution < 1.29 is 4.74 Å². The Hall–Kier alpha value is -1.36. The van der Waals surface area contributed by atoms with Crippen molar-refractivity contribution in [2.45, 2.75) is 33.6 Å². The lowest BCUT2D eigenvalue weighted by atomic mass is 10.2. The van der Waals surface area contributed by atoms with E-state index >= 15 is 0 Å². The van der Waals surface area contributed by atoms with Crippen LogP contribution >= 0.6 is 12.2 Å². The fourth-order valence-electron chi connectivity index (χ4n) is 1.91. The second-order valence-electron chi connectivity index (χ2n) is 5.23. The molecule has 0 radical (unpaired) electrons. The summed E-state index contributed by atoms with van der Waals surface area (Å²) in [6.07, 6.45) is 3.46. The molecule has 1 heterocycles. The van der Waals surface area contributed by atoms with Crippen molar-refractivity contribution >= 4 is 23.0 Å². The van der Waals surface area contributed by atoms with E-state index in [1.54, 1.807) is 6.20 Å². The number of nitrogens with two attached hydrogens (primary N) is 1. The van der Waals surface area contributed by atoms with Gasteiger partial charge in [-0.25, -0.2) is 4.98 Å². The summed E-state index contributed by atoms with van der Waals surface area (Å²) in [4.78, 5) is 7.22. The number of nitrogens with zero attached hydrogens (tertiary/aromatic N) is 2. The van der Waals surface area contributed by atoms with Crippen molar-refractivity contribution in [2.75, 3.05) is 24.6 Å². The van der Waals surface area contributed by atoms with E-state index in [1.807, 2.05) is 12.1 Å². The molecule has 112 valence electrons.